The van der Waals surface area contributed by atoms with Gasteiger partial charge < -0.3 is 11.1 Å². The zero-order valence-corrected chi connectivity index (χ0v) is 14.1. The first-order chi connectivity index (χ1) is 9.29. The van der Waals surface area contributed by atoms with Crippen LogP contribution in [0.4, 0.5) is 17.1 Å². The first-order valence-electron chi connectivity index (χ1n) is 5.42. The zero-order chi connectivity index (χ0) is 14.9. The van der Waals surface area contributed by atoms with E-state index in [0.29, 0.717) is 11.4 Å². The number of anilines is 3. The van der Waals surface area contributed by atoms with Gasteiger partial charge in [-0.25, -0.2) is 13.6 Å². The van der Waals surface area contributed by atoms with Gasteiger partial charge in [0.1, 0.15) is 0 Å². The van der Waals surface area contributed by atoms with Crippen LogP contribution in [0.15, 0.2) is 50.2 Å². The number of hydrogen-bond acceptors (Lipinski definition) is 4. The van der Waals surface area contributed by atoms with Crippen LogP contribution in [-0.2, 0) is 10.0 Å². The number of benzene rings is 2. The van der Waals surface area contributed by atoms with Crippen molar-refractivity contribution >= 4 is 58.9 Å². The van der Waals surface area contributed by atoms with Crippen LogP contribution in [0.3, 0.4) is 0 Å². The molecule has 0 spiro atoms. The molecule has 0 aliphatic carbocycles. The molecule has 0 aliphatic heterocycles. The molecular formula is C12H11Br2N3O2S. The van der Waals surface area contributed by atoms with Crippen molar-refractivity contribution in [3.8, 4) is 0 Å². The smallest absolute Gasteiger partial charge is 0.238 e. The Labute approximate surface area is 133 Å². The lowest BCUT2D eigenvalue weighted by Gasteiger charge is -2.13. The maximum absolute atomic E-state index is 11.4. The average Bonchev–Trinajstić information content (AvgIpc) is 2.34. The van der Waals surface area contributed by atoms with Gasteiger partial charge in [-0.15, -0.1) is 0 Å². The van der Waals surface area contributed by atoms with Gasteiger partial charge in [-0.3, -0.25) is 0 Å². The summed E-state index contributed by atoms with van der Waals surface area (Å²) in [6, 6.07) is 9.83. The highest BCUT2D eigenvalue weighted by molar-refractivity contribution is 9.11. The standard InChI is InChI=1S/C12H11Br2N3O2S/c13-8-2-1-3-9(14)12(8)17-11-6-7(20(16,18)19)4-5-10(11)15/h1-6,17H,15H2,(H2,16,18,19). The molecule has 2 aromatic carbocycles. The molecule has 0 aromatic heterocycles. The molecule has 0 fully saturated rings. The molecule has 106 valence electrons. The molecule has 0 heterocycles. The largest absolute Gasteiger partial charge is 0.397 e. The van der Waals surface area contributed by atoms with E-state index in [-0.39, 0.29) is 4.90 Å². The summed E-state index contributed by atoms with van der Waals surface area (Å²) >= 11 is 6.82. The van der Waals surface area contributed by atoms with Crippen molar-refractivity contribution in [3.05, 3.63) is 45.3 Å². The molecule has 0 atom stereocenters. The van der Waals surface area contributed by atoms with Gasteiger partial charge in [0.15, 0.2) is 0 Å². The third-order valence-electron chi connectivity index (χ3n) is 2.58. The first kappa shape index (κ1) is 15.3. The summed E-state index contributed by atoms with van der Waals surface area (Å²) in [7, 11) is -3.77. The van der Waals surface area contributed by atoms with Gasteiger partial charge in [-0.1, -0.05) is 6.07 Å². The van der Waals surface area contributed by atoms with Crippen molar-refractivity contribution in [1.82, 2.24) is 0 Å². The number of rotatable bonds is 3. The maximum Gasteiger partial charge on any atom is 0.238 e. The van der Waals surface area contributed by atoms with Crippen LogP contribution in [0.5, 0.6) is 0 Å². The minimum Gasteiger partial charge on any atom is -0.397 e. The molecule has 0 aliphatic rings. The van der Waals surface area contributed by atoms with Gasteiger partial charge in [0, 0.05) is 8.95 Å². The normalized spacial score (nSPS) is 11.3. The van der Waals surface area contributed by atoms with Gasteiger partial charge in [-0.2, -0.15) is 0 Å². The van der Waals surface area contributed by atoms with Crippen LogP contribution < -0.4 is 16.2 Å². The third-order valence-corrected chi connectivity index (χ3v) is 4.81. The molecule has 20 heavy (non-hydrogen) atoms. The Morgan fingerprint density at radius 3 is 2.20 bits per heavy atom. The Kier molecular flexibility index (Phi) is 4.38. The number of nitrogens with two attached hydrogens (primary N) is 2. The van der Waals surface area contributed by atoms with E-state index in [2.05, 4.69) is 37.2 Å². The second kappa shape index (κ2) is 5.72. The molecule has 8 heteroatoms. The highest BCUT2D eigenvalue weighted by Gasteiger charge is 2.12. The van der Waals surface area contributed by atoms with Crippen molar-refractivity contribution in [2.45, 2.75) is 4.90 Å². The van der Waals surface area contributed by atoms with E-state index in [9.17, 15) is 8.42 Å². The summed E-state index contributed by atoms with van der Waals surface area (Å²) in [4.78, 5) is -0.00243. The van der Waals surface area contributed by atoms with Gasteiger partial charge in [0.05, 0.1) is 22.0 Å². The number of primary sulfonamides is 1. The molecule has 0 bridgehead atoms. The summed E-state index contributed by atoms with van der Waals surface area (Å²) in [6.45, 7) is 0. The van der Waals surface area contributed by atoms with Crippen LogP contribution in [0.25, 0.3) is 0 Å². The molecule has 0 unspecified atom stereocenters. The third kappa shape index (κ3) is 3.32. The lowest BCUT2D eigenvalue weighted by molar-refractivity contribution is 0.598. The highest BCUT2D eigenvalue weighted by atomic mass is 79.9. The number of para-hydroxylation sites is 1. The SMILES string of the molecule is Nc1ccc(S(N)(=O)=O)cc1Nc1c(Br)cccc1Br. The van der Waals surface area contributed by atoms with Gasteiger partial charge in [-0.05, 0) is 62.2 Å². The number of nitrogens with one attached hydrogen (secondary N) is 1. The maximum atomic E-state index is 11.4. The van der Waals surface area contributed by atoms with E-state index < -0.39 is 10.0 Å². The molecule has 2 aromatic rings. The van der Waals surface area contributed by atoms with Crippen molar-refractivity contribution in [1.29, 1.82) is 0 Å². The van der Waals surface area contributed by atoms with E-state index in [1.54, 1.807) is 0 Å². The Morgan fingerprint density at radius 1 is 1.05 bits per heavy atom. The summed E-state index contributed by atoms with van der Waals surface area (Å²) in [6.07, 6.45) is 0. The second-order valence-electron chi connectivity index (χ2n) is 4.02. The molecule has 0 radical (unpaired) electrons. The van der Waals surface area contributed by atoms with E-state index in [1.807, 2.05) is 18.2 Å². The minimum atomic E-state index is -3.77. The lowest BCUT2D eigenvalue weighted by atomic mass is 10.2. The highest BCUT2D eigenvalue weighted by Crippen LogP contribution is 2.35. The van der Waals surface area contributed by atoms with Gasteiger partial charge in [0.25, 0.3) is 0 Å². The Hall–Kier alpha value is -1.09. The predicted octanol–water partition coefficient (Wildman–Crippen LogP) is 3.18. The fourth-order valence-corrected chi connectivity index (χ4v) is 3.31. The second-order valence-corrected chi connectivity index (χ2v) is 7.29. The summed E-state index contributed by atoms with van der Waals surface area (Å²) in [5.74, 6) is 0. The van der Waals surface area contributed by atoms with E-state index >= 15 is 0 Å². The van der Waals surface area contributed by atoms with Crippen LogP contribution in [-0.4, -0.2) is 8.42 Å². The Morgan fingerprint density at radius 2 is 1.65 bits per heavy atom. The molecule has 0 amide bonds. The molecule has 5 N–H and O–H groups in total. The van der Waals surface area contributed by atoms with E-state index in [0.717, 1.165) is 14.6 Å². The van der Waals surface area contributed by atoms with Gasteiger partial charge >= 0.3 is 0 Å². The predicted molar refractivity (Wildman–Crippen MR) is 87.4 cm³/mol. The molecule has 2 rings (SSSR count). The summed E-state index contributed by atoms with van der Waals surface area (Å²) < 4.78 is 24.4. The van der Waals surface area contributed by atoms with Crippen molar-refractivity contribution in [2.24, 2.45) is 5.14 Å². The van der Waals surface area contributed by atoms with E-state index in [4.69, 9.17) is 10.9 Å². The fourth-order valence-electron chi connectivity index (χ4n) is 1.57. The van der Waals surface area contributed by atoms with E-state index in [1.165, 1.54) is 18.2 Å². The Bertz CT molecular complexity index is 743. The zero-order valence-electron chi connectivity index (χ0n) is 10.1. The number of halogens is 2. The van der Waals surface area contributed by atoms with Crippen LogP contribution in [0, 0.1) is 0 Å². The van der Waals surface area contributed by atoms with Crippen molar-refractivity contribution in [2.75, 3.05) is 11.1 Å². The molecule has 0 saturated heterocycles. The fraction of sp³-hybridized carbons (Fsp3) is 0. The number of nitrogen functional groups attached to an aromatic ring is 1. The quantitative estimate of drug-likeness (QED) is 0.664. The van der Waals surface area contributed by atoms with Crippen LogP contribution in [0.1, 0.15) is 0 Å². The van der Waals surface area contributed by atoms with Crippen molar-refractivity contribution < 1.29 is 8.42 Å². The topological polar surface area (TPSA) is 98.2 Å². The van der Waals surface area contributed by atoms with Crippen LogP contribution in [0.2, 0.25) is 0 Å². The lowest BCUT2D eigenvalue weighted by Crippen LogP contribution is -2.12. The van der Waals surface area contributed by atoms with Gasteiger partial charge in [0.2, 0.25) is 10.0 Å². The monoisotopic (exact) mass is 419 g/mol. The number of hydrogen-bond donors (Lipinski definition) is 3. The Balaban J connectivity index is 2.49. The van der Waals surface area contributed by atoms with Crippen LogP contribution >= 0.6 is 31.9 Å². The first-order valence-corrected chi connectivity index (χ1v) is 8.55. The molecule has 5 nitrogen and oxygen atoms in total. The minimum absolute atomic E-state index is 0.00243. The summed E-state index contributed by atoms with van der Waals surface area (Å²) in [5, 5.41) is 8.20. The van der Waals surface area contributed by atoms with Crippen molar-refractivity contribution in [3.63, 3.8) is 0 Å². The number of sulfonamides is 1. The molecule has 0 saturated carbocycles. The molecular weight excluding hydrogens is 410 g/mol. The average molecular weight is 421 g/mol. The summed E-state index contributed by atoms with van der Waals surface area (Å²) in [5.41, 5.74) is 7.47.